The van der Waals surface area contributed by atoms with Crippen molar-refractivity contribution in [2.75, 3.05) is 23.3 Å². The number of carbonyl (C=O) groups is 3. The van der Waals surface area contributed by atoms with E-state index in [0.29, 0.717) is 18.8 Å². The average molecular weight is 331 g/mol. The second-order valence-corrected chi connectivity index (χ2v) is 6.13. The van der Waals surface area contributed by atoms with Crippen LogP contribution in [-0.4, -0.2) is 30.8 Å². The quantitative estimate of drug-likeness (QED) is 0.753. The fourth-order valence-corrected chi connectivity index (χ4v) is 2.79. The molecule has 0 saturated carbocycles. The van der Waals surface area contributed by atoms with Gasteiger partial charge in [0.1, 0.15) is 0 Å². The molecule has 24 heavy (non-hydrogen) atoms. The van der Waals surface area contributed by atoms with Gasteiger partial charge >= 0.3 is 0 Å². The molecule has 1 saturated heterocycles. The lowest BCUT2D eigenvalue weighted by molar-refractivity contribution is -0.126. The van der Waals surface area contributed by atoms with Gasteiger partial charge in [-0.3, -0.25) is 14.4 Å². The molecule has 1 aliphatic heterocycles. The first kappa shape index (κ1) is 18.0. The van der Waals surface area contributed by atoms with Crippen molar-refractivity contribution in [2.45, 2.75) is 39.5 Å². The topological polar surface area (TPSA) is 78.5 Å². The fourth-order valence-electron chi connectivity index (χ4n) is 2.79. The van der Waals surface area contributed by atoms with Crippen LogP contribution in [0, 0.1) is 5.92 Å². The van der Waals surface area contributed by atoms with Crippen LogP contribution in [0.5, 0.6) is 0 Å². The standard InChI is InChI=1S/C18H25N3O3/c1-3-4-5-10-19-18(24)14-11-17(23)21(12-14)16-8-6-15(7-9-16)20-13(2)22/h6-9,14H,3-5,10-12H2,1-2H3,(H,19,24)(H,20,22). The summed E-state index contributed by atoms with van der Waals surface area (Å²) in [5.74, 6) is -0.526. The highest BCUT2D eigenvalue weighted by molar-refractivity contribution is 6.00. The Kier molecular flexibility index (Phi) is 6.35. The van der Waals surface area contributed by atoms with E-state index in [-0.39, 0.29) is 30.1 Å². The molecule has 130 valence electrons. The number of hydrogen-bond donors (Lipinski definition) is 2. The van der Waals surface area contributed by atoms with E-state index in [1.54, 1.807) is 29.2 Å². The Balaban J connectivity index is 1.92. The van der Waals surface area contributed by atoms with Crippen molar-refractivity contribution in [1.29, 1.82) is 0 Å². The first-order valence-corrected chi connectivity index (χ1v) is 8.47. The van der Waals surface area contributed by atoms with Crippen molar-refractivity contribution < 1.29 is 14.4 Å². The van der Waals surface area contributed by atoms with E-state index >= 15 is 0 Å². The molecule has 6 nitrogen and oxygen atoms in total. The number of carbonyl (C=O) groups excluding carboxylic acids is 3. The molecule has 1 unspecified atom stereocenters. The zero-order chi connectivity index (χ0) is 17.5. The van der Waals surface area contributed by atoms with Gasteiger partial charge in [0.25, 0.3) is 0 Å². The molecule has 0 bridgehead atoms. The Labute approximate surface area is 142 Å². The monoisotopic (exact) mass is 331 g/mol. The van der Waals surface area contributed by atoms with Crippen LogP contribution in [-0.2, 0) is 14.4 Å². The third-order valence-electron chi connectivity index (χ3n) is 4.07. The van der Waals surface area contributed by atoms with E-state index in [1.807, 2.05) is 0 Å². The van der Waals surface area contributed by atoms with E-state index in [9.17, 15) is 14.4 Å². The largest absolute Gasteiger partial charge is 0.356 e. The summed E-state index contributed by atoms with van der Waals surface area (Å²) in [7, 11) is 0. The Bertz CT molecular complexity index is 598. The van der Waals surface area contributed by atoms with Crippen LogP contribution in [0.3, 0.4) is 0 Å². The molecule has 0 radical (unpaired) electrons. The fraction of sp³-hybridized carbons (Fsp3) is 0.500. The lowest BCUT2D eigenvalue weighted by Crippen LogP contribution is -2.33. The zero-order valence-corrected chi connectivity index (χ0v) is 14.3. The van der Waals surface area contributed by atoms with Crippen molar-refractivity contribution in [2.24, 2.45) is 5.92 Å². The molecule has 2 N–H and O–H groups in total. The molecule has 0 spiro atoms. The average Bonchev–Trinajstić information content (AvgIpc) is 2.93. The minimum absolute atomic E-state index is 0.0446. The van der Waals surface area contributed by atoms with E-state index in [4.69, 9.17) is 0 Å². The summed E-state index contributed by atoms with van der Waals surface area (Å²) in [6, 6.07) is 7.07. The molecule has 1 aliphatic rings. The maximum Gasteiger partial charge on any atom is 0.227 e. The Morgan fingerprint density at radius 2 is 1.92 bits per heavy atom. The predicted molar refractivity (Wildman–Crippen MR) is 93.7 cm³/mol. The van der Waals surface area contributed by atoms with Crippen molar-refractivity contribution in [3.8, 4) is 0 Å². The van der Waals surface area contributed by atoms with Crippen LogP contribution < -0.4 is 15.5 Å². The molecule has 0 aliphatic carbocycles. The zero-order valence-electron chi connectivity index (χ0n) is 14.3. The molecule has 1 aromatic rings. The summed E-state index contributed by atoms with van der Waals surface area (Å²) in [6.45, 7) is 4.63. The van der Waals surface area contributed by atoms with Crippen LogP contribution in [0.2, 0.25) is 0 Å². The molecular weight excluding hydrogens is 306 g/mol. The van der Waals surface area contributed by atoms with Gasteiger partial charge in [-0.25, -0.2) is 0 Å². The minimum atomic E-state index is -0.297. The van der Waals surface area contributed by atoms with Crippen molar-refractivity contribution in [3.63, 3.8) is 0 Å². The number of benzene rings is 1. The number of rotatable bonds is 7. The van der Waals surface area contributed by atoms with Crippen molar-refractivity contribution >= 4 is 29.1 Å². The molecule has 2 rings (SSSR count). The Morgan fingerprint density at radius 1 is 1.21 bits per heavy atom. The van der Waals surface area contributed by atoms with E-state index < -0.39 is 0 Å². The predicted octanol–water partition coefficient (Wildman–Crippen LogP) is 2.30. The summed E-state index contributed by atoms with van der Waals surface area (Å²) in [4.78, 5) is 37.0. The second kappa shape index (κ2) is 8.47. The van der Waals surface area contributed by atoms with Crippen LogP contribution in [0.4, 0.5) is 11.4 Å². The highest BCUT2D eigenvalue weighted by Gasteiger charge is 2.34. The molecular formula is C18H25N3O3. The van der Waals surface area contributed by atoms with Gasteiger partial charge in [0, 0.05) is 37.8 Å². The lowest BCUT2D eigenvalue weighted by atomic mass is 10.1. The van der Waals surface area contributed by atoms with Crippen LogP contribution >= 0.6 is 0 Å². The Morgan fingerprint density at radius 3 is 2.54 bits per heavy atom. The number of nitrogens with one attached hydrogen (secondary N) is 2. The summed E-state index contributed by atoms with van der Waals surface area (Å²) in [5, 5.41) is 5.61. The summed E-state index contributed by atoms with van der Waals surface area (Å²) >= 11 is 0. The van der Waals surface area contributed by atoms with E-state index in [2.05, 4.69) is 17.6 Å². The molecule has 0 aromatic heterocycles. The van der Waals surface area contributed by atoms with Gasteiger partial charge < -0.3 is 15.5 Å². The van der Waals surface area contributed by atoms with Gasteiger partial charge in [-0.15, -0.1) is 0 Å². The number of amides is 3. The Hall–Kier alpha value is -2.37. The number of anilines is 2. The van der Waals surface area contributed by atoms with Crippen molar-refractivity contribution in [1.82, 2.24) is 5.32 Å². The second-order valence-electron chi connectivity index (χ2n) is 6.13. The maximum absolute atomic E-state index is 12.2. The highest BCUT2D eigenvalue weighted by Crippen LogP contribution is 2.26. The number of unbranched alkanes of at least 4 members (excludes halogenated alkanes) is 2. The maximum atomic E-state index is 12.2. The van der Waals surface area contributed by atoms with Crippen LogP contribution in [0.25, 0.3) is 0 Å². The third kappa shape index (κ3) is 4.81. The summed E-state index contributed by atoms with van der Waals surface area (Å²) in [5.41, 5.74) is 1.43. The van der Waals surface area contributed by atoms with Crippen LogP contribution in [0.15, 0.2) is 24.3 Å². The molecule has 3 amide bonds. The summed E-state index contributed by atoms with van der Waals surface area (Å²) < 4.78 is 0. The lowest BCUT2D eigenvalue weighted by Gasteiger charge is -2.17. The van der Waals surface area contributed by atoms with E-state index in [0.717, 1.165) is 24.9 Å². The van der Waals surface area contributed by atoms with Gasteiger partial charge in [-0.1, -0.05) is 19.8 Å². The molecule has 1 heterocycles. The first-order chi connectivity index (χ1) is 11.5. The normalized spacial score (nSPS) is 17.0. The SMILES string of the molecule is CCCCCNC(=O)C1CC(=O)N(c2ccc(NC(C)=O)cc2)C1. The number of nitrogens with zero attached hydrogens (tertiary/aromatic N) is 1. The smallest absolute Gasteiger partial charge is 0.227 e. The molecule has 1 fully saturated rings. The molecule has 6 heteroatoms. The number of hydrogen-bond acceptors (Lipinski definition) is 3. The van der Waals surface area contributed by atoms with Gasteiger partial charge in [-0.2, -0.15) is 0 Å². The van der Waals surface area contributed by atoms with E-state index in [1.165, 1.54) is 6.92 Å². The van der Waals surface area contributed by atoms with Crippen LogP contribution in [0.1, 0.15) is 39.5 Å². The van der Waals surface area contributed by atoms with Gasteiger partial charge in [0.15, 0.2) is 0 Å². The highest BCUT2D eigenvalue weighted by atomic mass is 16.2. The minimum Gasteiger partial charge on any atom is -0.356 e. The van der Waals surface area contributed by atoms with Crippen molar-refractivity contribution in [3.05, 3.63) is 24.3 Å². The summed E-state index contributed by atoms with van der Waals surface area (Å²) in [6.07, 6.45) is 3.42. The first-order valence-electron chi connectivity index (χ1n) is 8.47. The molecule has 1 atom stereocenters. The third-order valence-corrected chi connectivity index (χ3v) is 4.07. The molecule has 1 aromatic carbocycles. The van der Waals surface area contributed by atoms with Gasteiger partial charge in [0.05, 0.1) is 5.92 Å². The van der Waals surface area contributed by atoms with Gasteiger partial charge in [-0.05, 0) is 30.7 Å². The van der Waals surface area contributed by atoms with Gasteiger partial charge in [0.2, 0.25) is 17.7 Å².